The summed E-state index contributed by atoms with van der Waals surface area (Å²) in [5, 5.41) is 10.6. The van der Waals surface area contributed by atoms with Gasteiger partial charge in [0.25, 0.3) is 0 Å². The Balaban J connectivity index is 2.66. The van der Waals surface area contributed by atoms with Crippen molar-refractivity contribution >= 4 is 45.5 Å². The second-order valence-electron chi connectivity index (χ2n) is 5.39. The van der Waals surface area contributed by atoms with Crippen molar-refractivity contribution in [2.24, 2.45) is 0 Å². The number of aliphatic carboxylic acids is 1. The van der Waals surface area contributed by atoms with Crippen LogP contribution in [0.15, 0.2) is 41.7 Å². The first kappa shape index (κ1) is 15.3. The van der Waals surface area contributed by atoms with Crippen LogP contribution in [0.1, 0.15) is 11.1 Å². The van der Waals surface area contributed by atoms with Crippen LogP contribution in [0.25, 0.3) is 27.9 Å². The minimum absolute atomic E-state index is 0.142. The van der Waals surface area contributed by atoms with Crippen molar-refractivity contribution in [1.82, 2.24) is 4.57 Å². The molecule has 5 heteroatoms. The van der Waals surface area contributed by atoms with Crippen molar-refractivity contribution in [3.63, 3.8) is 0 Å². The zero-order valence-electron chi connectivity index (χ0n) is 12.5. The molecule has 0 atom stereocenters. The number of nitrogens with zero attached hydrogens (tertiary/aromatic N) is 1. The fourth-order valence-corrected chi connectivity index (χ4v) is 3.10. The Labute approximate surface area is 137 Å². The molecule has 0 bridgehead atoms. The van der Waals surface area contributed by atoms with E-state index in [1.54, 1.807) is 28.8 Å². The number of carboxylic acid groups (broad SMARTS) is 1. The maximum Gasteiger partial charge on any atom is 0.323 e. The zero-order chi connectivity index (χ0) is 16.7. The van der Waals surface area contributed by atoms with E-state index in [1.807, 2.05) is 19.1 Å². The molecule has 116 valence electrons. The summed E-state index contributed by atoms with van der Waals surface area (Å²) in [6.07, 6.45) is 1.55. The van der Waals surface area contributed by atoms with E-state index in [0.29, 0.717) is 32.4 Å². The third-order valence-corrected chi connectivity index (χ3v) is 4.19. The summed E-state index contributed by atoms with van der Waals surface area (Å²) >= 11 is 6.21. The average Bonchev–Trinajstić information content (AvgIpc) is 2.50. The maximum absolute atomic E-state index is 12.8. The van der Waals surface area contributed by atoms with Crippen molar-refractivity contribution in [3.05, 3.63) is 63.3 Å². The first-order valence-electron chi connectivity index (χ1n) is 7.03. The highest BCUT2D eigenvalue weighted by molar-refractivity contribution is 6.33. The number of aromatic nitrogens is 1. The van der Waals surface area contributed by atoms with Crippen molar-refractivity contribution in [2.45, 2.75) is 13.5 Å². The lowest BCUT2D eigenvalue weighted by Gasteiger charge is -2.16. The Morgan fingerprint density at radius 3 is 2.65 bits per heavy atom. The fraction of sp³-hybridized carbons (Fsp3) is 0.111. The minimum atomic E-state index is -0.993. The van der Waals surface area contributed by atoms with Gasteiger partial charge in [0.2, 0.25) is 0 Å². The summed E-state index contributed by atoms with van der Waals surface area (Å²) in [4.78, 5) is 24.1. The molecule has 1 heterocycles. The number of hydrogen-bond acceptors (Lipinski definition) is 2. The molecular weight excluding hydrogens is 314 g/mol. The summed E-state index contributed by atoms with van der Waals surface area (Å²) in [6.45, 7) is 5.37. The molecular formula is C18H14ClNO3. The van der Waals surface area contributed by atoms with Gasteiger partial charge in [-0.3, -0.25) is 9.59 Å². The number of fused-ring (bicyclic) bond motifs is 2. The predicted octanol–water partition coefficient (Wildman–Crippen LogP) is 3.84. The molecule has 0 unspecified atom stereocenters. The molecule has 1 aromatic heterocycles. The van der Waals surface area contributed by atoms with Gasteiger partial charge in [0.05, 0.1) is 11.0 Å². The standard InChI is InChI=1S/C18H14ClNO3/c1-3-11-14(19)7-6-13-17(11)20(9-16(21)22)15-8-10(2)4-5-12(15)18(13)23/h3-8H,1,9H2,2H3,(H,21,22). The quantitative estimate of drug-likeness (QED) is 0.743. The number of hydrogen-bond donors (Lipinski definition) is 1. The summed E-state index contributed by atoms with van der Waals surface area (Å²) in [7, 11) is 0. The van der Waals surface area contributed by atoms with E-state index in [9.17, 15) is 14.7 Å². The molecule has 23 heavy (non-hydrogen) atoms. The molecule has 0 fully saturated rings. The molecule has 4 nitrogen and oxygen atoms in total. The number of pyridine rings is 1. The van der Waals surface area contributed by atoms with E-state index < -0.39 is 5.97 Å². The van der Waals surface area contributed by atoms with Crippen molar-refractivity contribution in [1.29, 1.82) is 0 Å². The Bertz CT molecular complexity index is 1030. The second kappa shape index (κ2) is 5.56. The smallest absolute Gasteiger partial charge is 0.323 e. The van der Waals surface area contributed by atoms with Gasteiger partial charge in [-0.1, -0.05) is 30.3 Å². The molecule has 0 amide bonds. The highest BCUT2D eigenvalue weighted by atomic mass is 35.5. The van der Waals surface area contributed by atoms with Crippen LogP contribution in [0.2, 0.25) is 5.02 Å². The number of rotatable bonds is 3. The monoisotopic (exact) mass is 327 g/mol. The Morgan fingerprint density at radius 1 is 1.30 bits per heavy atom. The van der Waals surface area contributed by atoms with E-state index in [-0.39, 0.29) is 12.0 Å². The lowest BCUT2D eigenvalue weighted by atomic mass is 10.0. The van der Waals surface area contributed by atoms with E-state index in [4.69, 9.17) is 11.6 Å². The first-order valence-corrected chi connectivity index (χ1v) is 7.41. The third kappa shape index (κ3) is 2.41. The van der Waals surface area contributed by atoms with Crippen LogP contribution in [-0.4, -0.2) is 15.6 Å². The van der Waals surface area contributed by atoms with Crippen LogP contribution < -0.4 is 5.43 Å². The molecule has 1 N–H and O–H groups in total. The van der Waals surface area contributed by atoms with Gasteiger partial charge in [-0.25, -0.2) is 0 Å². The van der Waals surface area contributed by atoms with Gasteiger partial charge < -0.3 is 9.67 Å². The molecule has 0 aliphatic rings. The third-order valence-electron chi connectivity index (χ3n) is 3.86. The maximum atomic E-state index is 12.8. The van der Waals surface area contributed by atoms with E-state index in [1.165, 1.54) is 0 Å². The van der Waals surface area contributed by atoms with Gasteiger partial charge in [-0.05, 0) is 36.8 Å². The van der Waals surface area contributed by atoms with Gasteiger partial charge in [0.15, 0.2) is 5.43 Å². The molecule has 0 aliphatic heterocycles. The summed E-state index contributed by atoms with van der Waals surface area (Å²) < 4.78 is 1.62. The molecule has 0 aliphatic carbocycles. The second-order valence-corrected chi connectivity index (χ2v) is 5.80. The Kier molecular flexibility index (Phi) is 3.70. The van der Waals surface area contributed by atoms with Crippen molar-refractivity contribution < 1.29 is 9.90 Å². The van der Waals surface area contributed by atoms with Crippen LogP contribution in [0.5, 0.6) is 0 Å². The van der Waals surface area contributed by atoms with Crippen LogP contribution in [0, 0.1) is 6.92 Å². The normalized spacial score (nSPS) is 11.0. The zero-order valence-corrected chi connectivity index (χ0v) is 13.2. The highest BCUT2D eigenvalue weighted by Gasteiger charge is 2.16. The summed E-state index contributed by atoms with van der Waals surface area (Å²) in [5.41, 5.74) is 2.44. The molecule has 0 radical (unpaired) electrons. The number of benzene rings is 2. The fourth-order valence-electron chi connectivity index (χ4n) is 2.87. The van der Waals surface area contributed by atoms with Crippen LogP contribution in [0.3, 0.4) is 0 Å². The SMILES string of the molecule is C=Cc1c(Cl)ccc2c(=O)c3ccc(C)cc3n(CC(=O)O)c12. The van der Waals surface area contributed by atoms with Crippen LogP contribution >= 0.6 is 11.6 Å². The minimum Gasteiger partial charge on any atom is -0.480 e. The highest BCUT2D eigenvalue weighted by Crippen LogP contribution is 2.29. The lowest BCUT2D eigenvalue weighted by Crippen LogP contribution is -2.17. The Morgan fingerprint density at radius 2 is 2.00 bits per heavy atom. The van der Waals surface area contributed by atoms with Gasteiger partial charge in [-0.2, -0.15) is 0 Å². The van der Waals surface area contributed by atoms with Gasteiger partial charge >= 0.3 is 5.97 Å². The van der Waals surface area contributed by atoms with E-state index in [2.05, 4.69) is 6.58 Å². The molecule has 3 rings (SSSR count). The first-order chi connectivity index (χ1) is 10.9. The van der Waals surface area contributed by atoms with Crippen LogP contribution in [0.4, 0.5) is 0 Å². The molecule has 2 aromatic carbocycles. The van der Waals surface area contributed by atoms with Crippen LogP contribution in [-0.2, 0) is 11.3 Å². The summed E-state index contributed by atoms with van der Waals surface area (Å²) in [6, 6.07) is 8.64. The molecule has 0 saturated heterocycles. The van der Waals surface area contributed by atoms with Gasteiger partial charge in [0.1, 0.15) is 6.54 Å². The number of carboxylic acids is 1. The topological polar surface area (TPSA) is 59.3 Å². The Hall–Kier alpha value is -2.59. The lowest BCUT2D eigenvalue weighted by molar-refractivity contribution is -0.137. The number of aryl methyl sites for hydroxylation is 1. The number of carbonyl (C=O) groups is 1. The molecule has 3 aromatic rings. The van der Waals surface area contributed by atoms with Gasteiger partial charge in [0, 0.05) is 21.4 Å². The van der Waals surface area contributed by atoms with Gasteiger partial charge in [-0.15, -0.1) is 0 Å². The largest absolute Gasteiger partial charge is 0.480 e. The van der Waals surface area contributed by atoms with Crippen molar-refractivity contribution in [2.75, 3.05) is 0 Å². The number of halogens is 1. The van der Waals surface area contributed by atoms with E-state index >= 15 is 0 Å². The van der Waals surface area contributed by atoms with Crippen molar-refractivity contribution in [3.8, 4) is 0 Å². The molecule has 0 saturated carbocycles. The molecule has 0 spiro atoms. The summed E-state index contributed by atoms with van der Waals surface area (Å²) in [5.74, 6) is -0.993. The van der Waals surface area contributed by atoms with E-state index in [0.717, 1.165) is 5.56 Å². The average molecular weight is 328 g/mol. The predicted molar refractivity (Wildman–Crippen MR) is 93.2 cm³/mol.